The minimum Gasteiger partial charge on any atom is -0.324 e. The van der Waals surface area contributed by atoms with Crippen molar-refractivity contribution in [1.29, 1.82) is 0 Å². The van der Waals surface area contributed by atoms with Crippen molar-refractivity contribution in [2.75, 3.05) is 18.7 Å². The average Bonchev–Trinajstić information content (AvgIpc) is 3.36. The standard InChI is InChI=1S/C26H24N6O6S/c1-38-30-25(35)21-14-32(19-11-8-15-4-3-5-17(15)12-19)23-20(22(21)33)13-27-26(29-23)28-18-9-6-16(7-10-18)24(34)31-39(2,36)37/h6-14H,3-5H2,1-2H3,(H,30,35)(H,31,34)(H,27,28,29). The highest BCUT2D eigenvalue weighted by Gasteiger charge is 2.20. The van der Waals surface area contributed by atoms with Gasteiger partial charge in [-0.25, -0.2) is 23.6 Å². The van der Waals surface area contributed by atoms with Crippen LogP contribution in [0, 0.1) is 0 Å². The highest BCUT2D eigenvalue weighted by Crippen LogP contribution is 2.26. The first kappa shape index (κ1) is 26.0. The first-order valence-corrected chi connectivity index (χ1v) is 13.8. The number of carbonyl (C=O) groups excluding carboxylic acids is 2. The fraction of sp³-hybridized carbons (Fsp3) is 0.192. The van der Waals surface area contributed by atoms with Crippen LogP contribution in [-0.2, 0) is 27.7 Å². The highest BCUT2D eigenvalue weighted by atomic mass is 32.2. The molecule has 4 aromatic rings. The van der Waals surface area contributed by atoms with Gasteiger partial charge in [-0.05, 0) is 66.8 Å². The molecule has 13 heteroatoms. The molecule has 1 aliphatic carbocycles. The monoisotopic (exact) mass is 548 g/mol. The number of carbonyl (C=O) groups is 2. The maximum atomic E-state index is 13.2. The van der Waals surface area contributed by atoms with Crippen molar-refractivity contribution in [3.05, 3.63) is 87.3 Å². The summed E-state index contributed by atoms with van der Waals surface area (Å²) in [6, 6.07) is 12.0. The summed E-state index contributed by atoms with van der Waals surface area (Å²) in [6.45, 7) is 0. The molecule has 0 saturated heterocycles. The highest BCUT2D eigenvalue weighted by molar-refractivity contribution is 7.89. The van der Waals surface area contributed by atoms with Crippen molar-refractivity contribution in [3.8, 4) is 5.69 Å². The maximum absolute atomic E-state index is 13.2. The van der Waals surface area contributed by atoms with Crippen molar-refractivity contribution in [3.63, 3.8) is 0 Å². The minimum atomic E-state index is -3.69. The third-order valence-electron chi connectivity index (χ3n) is 6.23. The van der Waals surface area contributed by atoms with E-state index in [-0.39, 0.29) is 28.1 Å². The summed E-state index contributed by atoms with van der Waals surface area (Å²) >= 11 is 0. The van der Waals surface area contributed by atoms with Gasteiger partial charge in [0.1, 0.15) is 5.56 Å². The number of benzene rings is 2. The summed E-state index contributed by atoms with van der Waals surface area (Å²) in [5.74, 6) is -1.28. The van der Waals surface area contributed by atoms with Crippen LogP contribution in [0.2, 0.25) is 0 Å². The number of sulfonamides is 1. The second-order valence-corrected chi connectivity index (χ2v) is 10.8. The zero-order valence-electron chi connectivity index (χ0n) is 21.0. The predicted octanol–water partition coefficient (Wildman–Crippen LogP) is 1.99. The Morgan fingerprint density at radius 1 is 1.03 bits per heavy atom. The smallest absolute Gasteiger partial charge is 0.280 e. The summed E-state index contributed by atoms with van der Waals surface area (Å²) < 4.78 is 26.2. The van der Waals surface area contributed by atoms with E-state index in [1.807, 2.05) is 22.9 Å². The summed E-state index contributed by atoms with van der Waals surface area (Å²) in [4.78, 5) is 51.4. The number of hydrogen-bond donors (Lipinski definition) is 3. The Kier molecular flexibility index (Phi) is 6.85. The zero-order chi connectivity index (χ0) is 27.7. The van der Waals surface area contributed by atoms with Gasteiger partial charge < -0.3 is 9.88 Å². The number of hydroxylamine groups is 1. The molecule has 5 rings (SSSR count). The van der Waals surface area contributed by atoms with E-state index < -0.39 is 27.3 Å². The van der Waals surface area contributed by atoms with Crippen LogP contribution in [-0.4, -0.2) is 48.1 Å². The SMILES string of the molecule is CONC(=O)c1cn(-c2ccc3c(c2)CCC3)c2nc(Nc3ccc(C(=O)NS(C)(=O)=O)cc3)ncc2c1=O. The fourth-order valence-corrected chi connectivity index (χ4v) is 4.90. The molecule has 0 fully saturated rings. The van der Waals surface area contributed by atoms with Gasteiger partial charge in [0.2, 0.25) is 21.4 Å². The zero-order valence-corrected chi connectivity index (χ0v) is 21.8. The first-order valence-electron chi connectivity index (χ1n) is 11.9. The number of pyridine rings is 1. The van der Waals surface area contributed by atoms with Crippen LogP contribution >= 0.6 is 0 Å². The predicted molar refractivity (Wildman–Crippen MR) is 144 cm³/mol. The molecule has 0 saturated carbocycles. The van der Waals surface area contributed by atoms with E-state index in [1.54, 1.807) is 16.7 Å². The van der Waals surface area contributed by atoms with Gasteiger partial charge in [-0.15, -0.1) is 0 Å². The number of nitrogens with one attached hydrogen (secondary N) is 3. The number of nitrogens with zero attached hydrogens (tertiary/aromatic N) is 3. The Morgan fingerprint density at radius 2 is 1.77 bits per heavy atom. The van der Waals surface area contributed by atoms with Crippen molar-refractivity contribution in [2.45, 2.75) is 19.3 Å². The molecular weight excluding hydrogens is 524 g/mol. The molecule has 2 amide bonds. The van der Waals surface area contributed by atoms with E-state index in [2.05, 4.69) is 20.8 Å². The van der Waals surface area contributed by atoms with Crippen molar-refractivity contribution >= 4 is 44.5 Å². The molecule has 2 aromatic carbocycles. The van der Waals surface area contributed by atoms with Crippen molar-refractivity contribution in [1.82, 2.24) is 24.7 Å². The third-order valence-corrected chi connectivity index (χ3v) is 6.78. The van der Waals surface area contributed by atoms with Crippen LogP contribution in [0.3, 0.4) is 0 Å². The number of hydrogen-bond acceptors (Lipinski definition) is 9. The molecular formula is C26H24N6O6S. The maximum Gasteiger partial charge on any atom is 0.280 e. The van der Waals surface area contributed by atoms with Gasteiger partial charge in [0.25, 0.3) is 11.8 Å². The summed E-state index contributed by atoms with van der Waals surface area (Å²) in [6.07, 6.45) is 6.69. The Balaban J connectivity index is 1.55. The largest absolute Gasteiger partial charge is 0.324 e. The van der Waals surface area contributed by atoms with Gasteiger partial charge in [0.05, 0.1) is 18.8 Å². The molecule has 3 N–H and O–H groups in total. The molecule has 0 aliphatic heterocycles. The van der Waals surface area contributed by atoms with E-state index in [1.165, 1.54) is 42.8 Å². The first-order chi connectivity index (χ1) is 18.6. The second kappa shape index (κ2) is 10.3. The summed E-state index contributed by atoms with van der Waals surface area (Å²) in [5, 5.41) is 3.16. The second-order valence-electron chi connectivity index (χ2n) is 9.02. The molecule has 0 bridgehead atoms. The van der Waals surface area contributed by atoms with Gasteiger partial charge in [-0.1, -0.05) is 6.07 Å². The lowest BCUT2D eigenvalue weighted by atomic mass is 10.1. The molecule has 0 spiro atoms. The number of rotatable bonds is 7. The van der Waals surface area contributed by atoms with Crippen LogP contribution in [0.1, 0.15) is 38.3 Å². The fourth-order valence-electron chi connectivity index (χ4n) is 4.45. The Hall–Kier alpha value is -4.62. The van der Waals surface area contributed by atoms with Gasteiger partial charge in [-0.2, -0.15) is 4.98 Å². The van der Waals surface area contributed by atoms with Crippen LogP contribution in [0.5, 0.6) is 0 Å². The third kappa shape index (κ3) is 5.49. The summed E-state index contributed by atoms with van der Waals surface area (Å²) in [7, 11) is -2.41. The lowest BCUT2D eigenvalue weighted by Gasteiger charge is -2.15. The van der Waals surface area contributed by atoms with E-state index in [0.717, 1.165) is 31.2 Å². The van der Waals surface area contributed by atoms with E-state index >= 15 is 0 Å². The van der Waals surface area contributed by atoms with Crippen LogP contribution in [0.4, 0.5) is 11.6 Å². The number of amides is 2. The number of anilines is 2. The van der Waals surface area contributed by atoms with Gasteiger partial charge in [0, 0.05) is 29.3 Å². The van der Waals surface area contributed by atoms with Gasteiger partial charge in [0.15, 0.2) is 5.65 Å². The normalized spacial score (nSPS) is 12.7. The van der Waals surface area contributed by atoms with E-state index in [0.29, 0.717) is 5.69 Å². The number of fused-ring (bicyclic) bond motifs is 2. The molecule has 2 aromatic heterocycles. The topological polar surface area (TPSA) is 161 Å². The van der Waals surface area contributed by atoms with Crippen molar-refractivity contribution < 1.29 is 22.8 Å². The van der Waals surface area contributed by atoms with E-state index in [9.17, 15) is 22.8 Å². The average molecular weight is 549 g/mol. The quantitative estimate of drug-likeness (QED) is 0.293. The van der Waals surface area contributed by atoms with Crippen LogP contribution in [0.15, 0.2) is 59.7 Å². The Labute approximate surface area is 223 Å². The Bertz CT molecular complexity index is 1780. The van der Waals surface area contributed by atoms with Crippen molar-refractivity contribution in [2.24, 2.45) is 0 Å². The van der Waals surface area contributed by atoms with Crippen LogP contribution < -0.4 is 20.9 Å². The molecule has 0 radical (unpaired) electrons. The molecule has 0 atom stereocenters. The lowest BCUT2D eigenvalue weighted by Crippen LogP contribution is -2.29. The lowest BCUT2D eigenvalue weighted by molar-refractivity contribution is 0.0536. The molecule has 0 unspecified atom stereocenters. The molecule has 12 nitrogen and oxygen atoms in total. The van der Waals surface area contributed by atoms with E-state index in [4.69, 9.17) is 4.84 Å². The van der Waals surface area contributed by atoms with Crippen LogP contribution in [0.25, 0.3) is 16.7 Å². The molecule has 1 aliphatic rings. The molecule has 2 heterocycles. The Morgan fingerprint density at radius 3 is 2.49 bits per heavy atom. The minimum absolute atomic E-state index is 0.128. The molecule has 200 valence electrons. The number of aromatic nitrogens is 3. The van der Waals surface area contributed by atoms with Gasteiger partial charge >= 0.3 is 0 Å². The summed E-state index contributed by atoms with van der Waals surface area (Å²) in [5.41, 5.74) is 5.68. The number of aryl methyl sites for hydroxylation is 2. The molecule has 39 heavy (non-hydrogen) atoms. The van der Waals surface area contributed by atoms with Gasteiger partial charge in [-0.3, -0.25) is 19.2 Å².